The Balaban J connectivity index is 1.27. The topological polar surface area (TPSA) is 63.2 Å². The second kappa shape index (κ2) is 11.9. The fraction of sp³-hybridized carbons (Fsp3) is 0.346. The van der Waals surface area contributed by atoms with E-state index in [1.54, 1.807) is 12.4 Å². The summed E-state index contributed by atoms with van der Waals surface area (Å²) in [6, 6.07) is 14.5. The van der Waals surface area contributed by atoms with Crippen LogP contribution in [0.3, 0.4) is 0 Å². The average Bonchev–Trinajstić information content (AvgIpc) is 2.79. The van der Waals surface area contributed by atoms with Crippen molar-refractivity contribution in [1.29, 1.82) is 0 Å². The van der Waals surface area contributed by atoms with Crippen LogP contribution in [0.25, 0.3) is 0 Å². The number of nitrogens with zero attached hydrogens (tertiary/aromatic N) is 4. The van der Waals surface area contributed by atoms with Crippen LogP contribution in [0.4, 0.5) is 0 Å². The number of pyridine rings is 3. The molecule has 0 unspecified atom stereocenters. The molecule has 1 aliphatic heterocycles. The maximum atomic E-state index is 5.81. The standard InChI is InChI=1S/C26H29N5O/c1(2-8-22-16-26(18-27-17-22)32-21-25-11-14-30-25)7-15-31(19-23-9-3-5-12-28-23)20-24-10-4-6-13-29-24/h3-6,9-10,12-13,16-18,25,30H,1,7,11,14-15,19-21H2/t25-/m0/s1. The van der Waals surface area contributed by atoms with Crippen LogP contribution in [0.15, 0.2) is 67.3 Å². The first kappa shape index (κ1) is 21.9. The third kappa shape index (κ3) is 7.16. The van der Waals surface area contributed by atoms with E-state index in [0.717, 1.165) is 61.7 Å². The van der Waals surface area contributed by atoms with Gasteiger partial charge in [0.2, 0.25) is 0 Å². The third-order valence-electron chi connectivity index (χ3n) is 5.32. The molecule has 3 aromatic heterocycles. The molecule has 1 saturated heterocycles. The summed E-state index contributed by atoms with van der Waals surface area (Å²) in [5.41, 5.74) is 3.02. The van der Waals surface area contributed by atoms with Gasteiger partial charge < -0.3 is 10.1 Å². The Morgan fingerprint density at radius 2 is 1.78 bits per heavy atom. The highest BCUT2D eigenvalue weighted by molar-refractivity contribution is 5.36. The van der Waals surface area contributed by atoms with Crippen molar-refractivity contribution in [3.63, 3.8) is 0 Å². The van der Waals surface area contributed by atoms with E-state index in [4.69, 9.17) is 4.74 Å². The van der Waals surface area contributed by atoms with Crippen LogP contribution in [-0.4, -0.2) is 45.6 Å². The van der Waals surface area contributed by atoms with E-state index in [-0.39, 0.29) is 0 Å². The molecule has 3 aromatic rings. The molecule has 0 aromatic carbocycles. The van der Waals surface area contributed by atoms with E-state index in [0.29, 0.717) is 12.6 Å². The third-order valence-corrected chi connectivity index (χ3v) is 5.32. The summed E-state index contributed by atoms with van der Waals surface area (Å²) in [5, 5.41) is 3.33. The molecule has 0 radical (unpaired) electrons. The molecule has 0 bridgehead atoms. The van der Waals surface area contributed by atoms with Crippen molar-refractivity contribution in [1.82, 2.24) is 25.2 Å². The van der Waals surface area contributed by atoms with Crippen LogP contribution in [0, 0.1) is 11.8 Å². The van der Waals surface area contributed by atoms with E-state index >= 15 is 0 Å². The molecule has 1 atom stereocenters. The van der Waals surface area contributed by atoms with Gasteiger partial charge in [-0.2, -0.15) is 0 Å². The number of ether oxygens (including phenoxy) is 1. The number of hydrogen-bond donors (Lipinski definition) is 1. The van der Waals surface area contributed by atoms with Gasteiger partial charge in [-0.05, 0) is 56.3 Å². The number of rotatable bonds is 10. The molecule has 4 heterocycles. The second-order valence-electron chi connectivity index (χ2n) is 7.92. The molecule has 0 saturated carbocycles. The quantitative estimate of drug-likeness (QED) is 0.395. The molecule has 6 nitrogen and oxygen atoms in total. The highest BCUT2D eigenvalue weighted by atomic mass is 16.5. The van der Waals surface area contributed by atoms with Crippen LogP contribution >= 0.6 is 0 Å². The largest absolute Gasteiger partial charge is 0.490 e. The van der Waals surface area contributed by atoms with E-state index in [9.17, 15) is 0 Å². The lowest BCUT2D eigenvalue weighted by Crippen LogP contribution is -2.46. The zero-order valence-corrected chi connectivity index (χ0v) is 18.3. The lowest BCUT2D eigenvalue weighted by Gasteiger charge is -2.27. The first-order valence-electron chi connectivity index (χ1n) is 11.2. The molecule has 0 spiro atoms. The van der Waals surface area contributed by atoms with Crippen molar-refractivity contribution >= 4 is 0 Å². The maximum absolute atomic E-state index is 5.81. The Morgan fingerprint density at radius 1 is 1.03 bits per heavy atom. The molecule has 1 aliphatic rings. The Bertz CT molecular complexity index is 971. The molecular weight excluding hydrogens is 398 g/mol. The van der Waals surface area contributed by atoms with Crippen LogP contribution in [0.5, 0.6) is 5.75 Å². The minimum absolute atomic E-state index is 0.463. The molecular formula is C26H29N5O. The summed E-state index contributed by atoms with van der Waals surface area (Å²) in [6.45, 7) is 4.28. The Labute approximate surface area is 190 Å². The van der Waals surface area contributed by atoms with Gasteiger partial charge in [-0.25, -0.2) is 0 Å². The lowest BCUT2D eigenvalue weighted by molar-refractivity contribution is 0.217. The van der Waals surface area contributed by atoms with Crippen molar-refractivity contribution in [3.05, 3.63) is 84.2 Å². The van der Waals surface area contributed by atoms with Gasteiger partial charge in [-0.15, -0.1) is 0 Å². The zero-order valence-electron chi connectivity index (χ0n) is 18.3. The normalized spacial score (nSPS) is 15.0. The van der Waals surface area contributed by atoms with E-state index < -0.39 is 0 Å². The summed E-state index contributed by atoms with van der Waals surface area (Å²) >= 11 is 0. The van der Waals surface area contributed by atoms with Gasteiger partial charge in [0.15, 0.2) is 0 Å². The van der Waals surface area contributed by atoms with Gasteiger partial charge in [-0.3, -0.25) is 19.9 Å². The van der Waals surface area contributed by atoms with E-state index in [1.807, 2.05) is 42.7 Å². The van der Waals surface area contributed by atoms with Crippen molar-refractivity contribution in [2.45, 2.75) is 38.4 Å². The Hall–Kier alpha value is -3.27. The lowest BCUT2D eigenvalue weighted by atomic mass is 10.1. The molecule has 164 valence electrons. The molecule has 4 rings (SSSR count). The van der Waals surface area contributed by atoms with Crippen molar-refractivity contribution in [2.75, 3.05) is 19.7 Å². The van der Waals surface area contributed by atoms with E-state index in [2.05, 4.69) is 49.1 Å². The molecule has 32 heavy (non-hydrogen) atoms. The summed E-state index contributed by atoms with van der Waals surface area (Å²) < 4.78 is 5.81. The molecule has 0 amide bonds. The molecule has 6 heteroatoms. The summed E-state index contributed by atoms with van der Waals surface area (Å²) in [4.78, 5) is 15.6. The minimum Gasteiger partial charge on any atom is -0.490 e. The highest BCUT2D eigenvalue weighted by Gasteiger charge is 2.16. The monoisotopic (exact) mass is 427 g/mol. The van der Waals surface area contributed by atoms with Crippen LogP contribution in [-0.2, 0) is 13.1 Å². The summed E-state index contributed by atoms with van der Waals surface area (Å²) in [5.74, 6) is 7.29. The first-order valence-corrected chi connectivity index (χ1v) is 11.2. The fourth-order valence-corrected chi connectivity index (χ4v) is 3.46. The predicted molar refractivity (Wildman–Crippen MR) is 125 cm³/mol. The van der Waals surface area contributed by atoms with Crippen LogP contribution < -0.4 is 10.1 Å². The molecule has 0 aliphatic carbocycles. The average molecular weight is 428 g/mol. The Morgan fingerprint density at radius 3 is 2.41 bits per heavy atom. The Kier molecular flexibility index (Phi) is 8.19. The van der Waals surface area contributed by atoms with Crippen LogP contribution in [0.2, 0.25) is 0 Å². The SMILES string of the molecule is C(#Cc1cncc(OC[C@@H]2CCN2)c1)CCCN(Cc1ccccn1)Cc1ccccn1. The fourth-order valence-electron chi connectivity index (χ4n) is 3.46. The van der Waals surface area contributed by atoms with Crippen molar-refractivity contribution < 1.29 is 4.74 Å². The first-order chi connectivity index (χ1) is 15.8. The van der Waals surface area contributed by atoms with Crippen molar-refractivity contribution in [3.8, 4) is 17.6 Å². The van der Waals surface area contributed by atoms with Gasteiger partial charge >= 0.3 is 0 Å². The number of unbranched alkanes of at least 4 members (excludes halogenated alkanes) is 1. The molecule has 1 N–H and O–H groups in total. The van der Waals surface area contributed by atoms with Gasteiger partial charge in [0.05, 0.1) is 17.6 Å². The number of aromatic nitrogens is 3. The second-order valence-corrected chi connectivity index (χ2v) is 7.92. The van der Waals surface area contributed by atoms with Gasteiger partial charge in [-0.1, -0.05) is 24.0 Å². The van der Waals surface area contributed by atoms with Crippen LogP contribution in [0.1, 0.15) is 36.2 Å². The minimum atomic E-state index is 0.463. The van der Waals surface area contributed by atoms with Gasteiger partial charge in [0, 0.05) is 49.7 Å². The molecule has 1 fully saturated rings. The highest BCUT2D eigenvalue weighted by Crippen LogP contribution is 2.13. The summed E-state index contributed by atoms with van der Waals surface area (Å²) in [6.07, 6.45) is 10.2. The van der Waals surface area contributed by atoms with E-state index in [1.165, 1.54) is 6.42 Å². The van der Waals surface area contributed by atoms with Gasteiger partial charge in [0.1, 0.15) is 12.4 Å². The maximum Gasteiger partial charge on any atom is 0.138 e. The number of hydrogen-bond acceptors (Lipinski definition) is 6. The predicted octanol–water partition coefficient (Wildman–Crippen LogP) is 3.45. The van der Waals surface area contributed by atoms with Gasteiger partial charge in [0.25, 0.3) is 0 Å². The number of nitrogens with one attached hydrogen (secondary N) is 1. The van der Waals surface area contributed by atoms with Crippen molar-refractivity contribution in [2.24, 2.45) is 0 Å². The zero-order chi connectivity index (χ0) is 21.8. The summed E-state index contributed by atoms with van der Waals surface area (Å²) in [7, 11) is 0. The smallest absolute Gasteiger partial charge is 0.138 e.